The maximum atomic E-state index is 8.16. The number of aromatic amines is 1. The van der Waals surface area contributed by atoms with Gasteiger partial charge in [-0.3, -0.25) is 4.90 Å². The fraction of sp³-hybridized carbons (Fsp3) is 0.478. The van der Waals surface area contributed by atoms with Crippen LogP contribution in [-0.2, 0) is 11.2 Å². The lowest BCUT2D eigenvalue weighted by Crippen LogP contribution is -2.38. The lowest BCUT2D eigenvalue weighted by atomic mass is 9.97. The van der Waals surface area contributed by atoms with Gasteiger partial charge in [-0.15, -0.1) is 0 Å². The smallest absolute Gasteiger partial charge is 0.138 e. The first kappa shape index (κ1) is 19.9. The van der Waals surface area contributed by atoms with Gasteiger partial charge in [0.25, 0.3) is 0 Å². The molecule has 1 unspecified atom stereocenters. The number of allylic oxidation sites excluding steroid dienone is 4. The molecular formula is C23H30N4O2. The summed E-state index contributed by atoms with van der Waals surface area (Å²) in [5.41, 5.74) is 4.09. The van der Waals surface area contributed by atoms with E-state index >= 15 is 0 Å². The molecule has 29 heavy (non-hydrogen) atoms. The summed E-state index contributed by atoms with van der Waals surface area (Å²) in [7, 11) is 0. The molecule has 2 aromatic rings. The second-order valence-electron chi connectivity index (χ2n) is 7.77. The molecule has 0 saturated carbocycles. The van der Waals surface area contributed by atoms with Crippen LogP contribution in [0, 0.1) is 11.3 Å². The van der Waals surface area contributed by atoms with E-state index in [9.17, 15) is 0 Å². The summed E-state index contributed by atoms with van der Waals surface area (Å²) in [6.45, 7) is 7.28. The second-order valence-corrected chi connectivity index (χ2v) is 7.77. The molecule has 1 atom stereocenters. The summed E-state index contributed by atoms with van der Waals surface area (Å²) in [6.07, 6.45) is 12.9. The highest BCUT2D eigenvalue weighted by molar-refractivity contribution is 5.95. The molecule has 1 aliphatic heterocycles. The third-order valence-electron chi connectivity index (χ3n) is 5.84. The molecule has 6 heteroatoms. The van der Waals surface area contributed by atoms with Crippen LogP contribution in [0.15, 0.2) is 42.3 Å². The van der Waals surface area contributed by atoms with E-state index in [-0.39, 0.29) is 0 Å². The average Bonchev–Trinajstić information content (AvgIpc) is 3.05. The van der Waals surface area contributed by atoms with Crippen LogP contribution in [0.4, 0.5) is 0 Å². The predicted octanol–water partition coefficient (Wildman–Crippen LogP) is 3.75. The minimum Gasteiger partial charge on any atom is -0.491 e. The van der Waals surface area contributed by atoms with Crippen LogP contribution in [0.1, 0.15) is 25.3 Å². The van der Waals surface area contributed by atoms with Gasteiger partial charge in [-0.2, -0.15) is 0 Å². The number of pyridine rings is 1. The highest BCUT2D eigenvalue weighted by atomic mass is 16.5. The molecule has 3 heterocycles. The molecular weight excluding hydrogens is 364 g/mol. The third-order valence-corrected chi connectivity index (χ3v) is 5.84. The monoisotopic (exact) mass is 394 g/mol. The van der Waals surface area contributed by atoms with Crippen molar-refractivity contribution in [3.63, 3.8) is 0 Å². The minimum absolute atomic E-state index is 0.333. The Morgan fingerprint density at radius 2 is 2.17 bits per heavy atom. The normalized spacial score (nSPS) is 20.7. The van der Waals surface area contributed by atoms with Crippen LogP contribution in [0.3, 0.4) is 0 Å². The largest absolute Gasteiger partial charge is 0.491 e. The van der Waals surface area contributed by atoms with Crippen LogP contribution in [0.2, 0.25) is 0 Å². The SMILES string of the molecule is CCC1CC=C(Cc2c[nH]c3ncc(OCCN4CCOCC4)cc23)C=CC1=N. The molecule has 2 aliphatic rings. The Hall–Kier alpha value is -2.44. The molecule has 2 aromatic heterocycles. The number of fused-ring (bicyclic) bond motifs is 1. The average molecular weight is 395 g/mol. The number of hydrogen-bond donors (Lipinski definition) is 2. The Morgan fingerprint density at radius 3 is 3.00 bits per heavy atom. The van der Waals surface area contributed by atoms with Crippen molar-refractivity contribution in [2.45, 2.75) is 26.2 Å². The van der Waals surface area contributed by atoms with Crippen LogP contribution < -0.4 is 4.74 Å². The quantitative estimate of drug-likeness (QED) is 0.750. The first-order valence-corrected chi connectivity index (χ1v) is 10.6. The number of morpholine rings is 1. The highest BCUT2D eigenvalue weighted by Gasteiger charge is 2.14. The molecule has 1 saturated heterocycles. The molecule has 6 nitrogen and oxygen atoms in total. The highest BCUT2D eigenvalue weighted by Crippen LogP contribution is 2.26. The van der Waals surface area contributed by atoms with Gasteiger partial charge in [0.2, 0.25) is 0 Å². The number of hydrogen-bond acceptors (Lipinski definition) is 5. The van der Waals surface area contributed by atoms with Gasteiger partial charge < -0.3 is 19.9 Å². The van der Waals surface area contributed by atoms with E-state index < -0.39 is 0 Å². The van der Waals surface area contributed by atoms with Gasteiger partial charge in [0.05, 0.1) is 19.4 Å². The first-order chi connectivity index (χ1) is 14.2. The summed E-state index contributed by atoms with van der Waals surface area (Å²) in [5.74, 6) is 1.14. The summed E-state index contributed by atoms with van der Waals surface area (Å²) < 4.78 is 11.4. The van der Waals surface area contributed by atoms with E-state index in [1.807, 2.05) is 12.3 Å². The Morgan fingerprint density at radius 1 is 1.31 bits per heavy atom. The van der Waals surface area contributed by atoms with Gasteiger partial charge in [0, 0.05) is 42.8 Å². The van der Waals surface area contributed by atoms with E-state index in [0.29, 0.717) is 12.5 Å². The van der Waals surface area contributed by atoms with Gasteiger partial charge in [0.1, 0.15) is 18.0 Å². The van der Waals surface area contributed by atoms with Gasteiger partial charge in [-0.1, -0.05) is 19.1 Å². The Bertz CT molecular complexity index is 909. The second kappa shape index (κ2) is 9.37. The number of H-pyrrole nitrogens is 1. The van der Waals surface area contributed by atoms with Crippen LogP contribution in [0.5, 0.6) is 5.75 Å². The van der Waals surface area contributed by atoms with Gasteiger partial charge >= 0.3 is 0 Å². The molecule has 2 N–H and O–H groups in total. The van der Waals surface area contributed by atoms with E-state index in [2.05, 4.69) is 40.0 Å². The zero-order chi connectivity index (χ0) is 20.1. The number of ether oxygens (including phenoxy) is 2. The van der Waals surface area contributed by atoms with E-state index in [4.69, 9.17) is 14.9 Å². The molecule has 154 valence electrons. The Kier molecular flexibility index (Phi) is 6.42. The minimum atomic E-state index is 0.333. The number of nitrogens with zero attached hydrogens (tertiary/aromatic N) is 2. The molecule has 0 amide bonds. The van der Waals surface area contributed by atoms with Gasteiger partial charge in [-0.25, -0.2) is 4.98 Å². The zero-order valence-electron chi connectivity index (χ0n) is 17.1. The predicted molar refractivity (Wildman–Crippen MR) is 116 cm³/mol. The maximum Gasteiger partial charge on any atom is 0.138 e. The number of nitrogens with one attached hydrogen (secondary N) is 2. The van der Waals surface area contributed by atoms with E-state index in [1.54, 1.807) is 6.20 Å². The summed E-state index contributed by atoms with van der Waals surface area (Å²) >= 11 is 0. The topological polar surface area (TPSA) is 74.2 Å². The van der Waals surface area contributed by atoms with Crippen molar-refractivity contribution in [3.05, 3.63) is 47.8 Å². The van der Waals surface area contributed by atoms with Crippen molar-refractivity contribution in [3.8, 4) is 5.75 Å². The summed E-state index contributed by atoms with van der Waals surface area (Å²) in [4.78, 5) is 10.2. The van der Waals surface area contributed by atoms with Crippen LogP contribution >= 0.6 is 0 Å². The van der Waals surface area contributed by atoms with Crippen molar-refractivity contribution in [1.82, 2.24) is 14.9 Å². The molecule has 4 rings (SSSR count). The zero-order valence-corrected chi connectivity index (χ0v) is 17.1. The van der Waals surface area contributed by atoms with Crippen molar-refractivity contribution in [1.29, 1.82) is 5.41 Å². The lowest BCUT2D eigenvalue weighted by Gasteiger charge is -2.26. The number of aromatic nitrogens is 2. The van der Waals surface area contributed by atoms with Crippen LogP contribution in [-0.4, -0.2) is 60.0 Å². The standard InChI is InChI=1S/C23H30N4O2/c1-2-18-5-3-17(4-6-22(18)24)13-19-15-25-23-21(19)14-20(16-26-23)29-12-9-27-7-10-28-11-8-27/h3-4,6,14-16,18,24H,2,5,7-13H2,1H3,(H,25,26). The molecule has 0 bridgehead atoms. The Labute approximate surface area is 172 Å². The van der Waals surface area contributed by atoms with E-state index in [1.165, 1.54) is 11.1 Å². The molecule has 0 spiro atoms. The summed E-state index contributed by atoms with van der Waals surface area (Å²) in [6, 6.07) is 2.09. The fourth-order valence-corrected chi connectivity index (χ4v) is 3.94. The molecule has 1 fully saturated rings. The fourth-order valence-electron chi connectivity index (χ4n) is 3.94. The maximum absolute atomic E-state index is 8.16. The van der Waals surface area contributed by atoms with Crippen molar-refractivity contribution in [2.75, 3.05) is 39.5 Å². The molecule has 0 radical (unpaired) electrons. The van der Waals surface area contributed by atoms with E-state index in [0.717, 1.165) is 74.6 Å². The van der Waals surface area contributed by atoms with Crippen LogP contribution in [0.25, 0.3) is 11.0 Å². The molecule has 0 aromatic carbocycles. The van der Waals surface area contributed by atoms with Crippen molar-refractivity contribution < 1.29 is 9.47 Å². The summed E-state index contributed by atoms with van der Waals surface area (Å²) in [5, 5.41) is 9.27. The number of rotatable bonds is 7. The Balaban J connectivity index is 1.42. The third kappa shape index (κ3) is 4.95. The van der Waals surface area contributed by atoms with Crippen molar-refractivity contribution in [2.24, 2.45) is 5.92 Å². The van der Waals surface area contributed by atoms with Gasteiger partial charge in [0.15, 0.2) is 0 Å². The first-order valence-electron chi connectivity index (χ1n) is 10.6. The lowest BCUT2D eigenvalue weighted by molar-refractivity contribution is 0.0322. The van der Waals surface area contributed by atoms with Gasteiger partial charge in [-0.05, 0) is 42.5 Å². The molecule has 1 aliphatic carbocycles. The van der Waals surface area contributed by atoms with Crippen molar-refractivity contribution >= 4 is 16.7 Å².